The van der Waals surface area contributed by atoms with Gasteiger partial charge in [-0.3, -0.25) is 9.59 Å². The van der Waals surface area contributed by atoms with Gasteiger partial charge in [0.1, 0.15) is 24.7 Å². The topological polar surface area (TPSA) is 71.1 Å². The van der Waals surface area contributed by atoms with E-state index < -0.39 is 0 Å². The van der Waals surface area contributed by atoms with Gasteiger partial charge in [0.25, 0.3) is 0 Å². The van der Waals surface area contributed by atoms with E-state index in [-0.39, 0.29) is 10.8 Å². The summed E-state index contributed by atoms with van der Waals surface area (Å²) in [5.41, 5.74) is 3.20. The maximum atomic E-state index is 11.4. The third-order valence-electron chi connectivity index (χ3n) is 5.35. The summed E-state index contributed by atoms with van der Waals surface area (Å²) in [6, 6.07) is 11.4. The molecule has 0 atom stereocenters. The molecular weight excluding hydrogens is 432 g/mol. The molecule has 2 aromatic carbocycles. The molecule has 0 fully saturated rings. The zero-order valence-electron chi connectivity index (χ0n) is 21.3. The Morgan fingerprint density at radius 3 is 1.26 bits per heavy atom. The van der Waals surface area contributed by atoms with Crippen molar-refractivity contribution >= 4 is 12.6 Å². The summed E-state index contributed by atoms with van der Waals surface area (Å²) in [7, 11) is 0. The smallest absolute Gasteiger partial charge is 0.153 e. The van der Waals surface area contributed by atoms with E-state index in [0.717, 1.165) is 23.7 Å². The molecule has 2 aromatic rings. The maximum Gasteiger partial charge on any atom is 0.153 e. The van der Waals surface area contributed by atoms with E-state index in [4.69, 9.17) is 18.9 Å². The lowest BCUT2D eigenvalue weighted by Gasteiger charge is -2.20. The number of ether oxygens (including phenoxy) is 4. The highest BCUT2D eigenvalue weighted by Gasteiger charge is 2.17. The highest BCUT2D eigenvalue weighted by atomic mass is 16.6. The standard InChI is InChI=1S/C28H38O6/c1-27(2,3)23-7-9-25(21(17-23)19-29)33-15-13-31-11-12-32-14-16-34-26-10-8-24(28(4,5)6)18-22(26)20-30/h7-10,17-20H,11-16H2,1-6H3. The van der Waals surface area contributed by atoms with E-state index >= 15 is 0 Å². The maximum absolute atomic E-state index is 11.4. The first-order valence-corrected chi connectivity index (χ1v) is 11.7. The highest BCUT2D eigenvalue weighted by Crippen LogP contribution is 2.28. The van der Waals surface area contributed by atoms with Crippen molar-refractivity contribution in [1.82, 2.24) is 0 Å². The van der Waals surface area contributed by atoms with Crippen LogP contribution in [0.1, 0.15) is 73.4 Å². The molecule has 0 radical (unpaired) electrons. The van der Waals surface area contributed by atoms with Crippen LogP contribution in [0.4, 0.5) is 0 Å². The third kappa shape index (κ3) is 8.58. The summed E-state index contributed by atoms with van der Waals surface area (Å²) in [4.78, 5) is 22.8. The van der Waals surface area contributed by atoms with Crippen molar-refractivity contribution in [1.29, 1.82) is 0 Å². The zero-order valence-corrected chi connectivity index (χ0v) is 21.3. The first kappa shape index (κ1) is 27.5. The summed E-state index contributed by atoms with van der Waals surface area (Å²) >= 11 is 0. The van der Waals surface area contributed by atoms with E-state index in [1.54, 1.807) is 0 Å². The lowest BCUT2D eigenvalue weighted by molar-refractivity contribution is 0.0272. The summed E-state index contributed by atoms with van der Waals surface area (Å²) in [6.45, 7) is 14.9. The van der Waals surface area contributed by atoms with Gasteiger partial charge in [0.15, 0.2) is 12.6 Å². The van der Waals surface area contributed by atoms with Crippen LogP contribution in [0.2, 0.25) is 0 Å². The van der Waals surface area contributed by atoms with Crippen LogP contribution >= 0.6 is 0 Å². The molecule has 0 heterocycles. The number of carbonyl (C=O) groups is 2. The fourth-order valence-corrected chi connectivity index (χ4v) is 3.22. The summed E-state index contributed by atoms with van der Waals surface area (Å²) in [5, 5.41) is 0. The number of aldehydes is 2. The second-order valence-corrected chi connectivity index (χ2v) is 10.2. The van der Waals surface area contributed by atoms with Gasteiger partial charge in [-0.25, -0.2) is 0 Å². The molecule has 2 rings (SSSR count). The summed E-state index contributed by atoms with van der Waals surface area (Å²) < 4.78 is 22.4. The molecule has 34 heavy (non-hydrogen) atoms. The van der Waals surface area contributed by atoms with Crippen molar-refractivity contribution in [2.45, 2.75) is 52.4 Å². The molecule has 0 amide bonds. The Kier molecular flexibility index (Phi) is 10.3. The number of hydrogen-bond acceptors (Lipinski definition) is 6. The molecule has 0 N–H and O–H groups in total. The van der Waals surface area contributed by atoms with Crippen molar-refractivity contribution in [3.05, 3.63) is 58.7 Å². The average Bonchev–Trinajstić information content (AvgIpc) is 2.78. The predicted octanol–water partition coefficient (Wildman–Crippen LogP) is 5.40. The molecule has 0 bridgehead atoms. The monoisotopic (exact) mass is 470 g/mol. The molecule has 0 saturated carbocycles. The van der Waals surface area contributed by atoms with Gasteiger partial charge in [0.2, 0.25) is 0 Å². The average molecular weight is 471 g/mol. The van der Waals surface area contributed by atoms with Crippen LogP contribution in [0.25, 0.3) is 0 Å². The van der Waals surface area contributed by atoms with E-state index in [1.165, 1.54) is 0 Å². The van der Waals surface area contributed by atoms with Crippen molar-refractivity contribution in [3.8, 4) is 11.5 Å². The van der Waals surface area contributed by atoms with Crippen molar-refractivity contribution < 1.29 is 28.5 Å². The van der Waals surface area contributed by atoms with Crippen LogP contribution in [0.3, 0.4) is 0 Å². The number of benzene rings is 2. The first-order valence-electron chi connectivity index (χ1n) is 11.7. The molecule has 0 aromatic heterocycles. The third-order valence-corrected chi connectivity index (χ3v) is 5.35. The Morgan fingerprint density at radius 2 is 0.941 bits per heavy atom. The fraction of sp³-hybridized carbons (Fsp3) is 0.500. The zero-order chi connectivity index (χ0) is 25.2. The Morgan fingerprint density at radius 1 is 0.588 bits per heavy atom. The molecular formula is C28H38O6. The van der Waals surface area contributed by atoms with Crippen LogP contribution < -0.4 is 9.47 Å². The van der Waals surface area contributed by atoms with Gasteiger partial charge in [-0.1, -0.05) is 53.7 Å². The summed E-state index contributed by atoms with van der Waals surface area (Å²) in [5.74, 6) is 1.12. The van der Waals surface area contributed by atoms with Crippen LogP contribution in [0.15, 0.2) is 36.4 Å². The minimum atomic E-state index is -0.0297. The van der Waals surface area contributed by atoms with Crippen molar-refractivity contribution in [3.63, 3.8) is 0 Å². The molecule has 6 heteroatoms. The number of carbonyl (C=O) groups excluding carboxylic acids is 2. The van der Waals surface area contributed by atoms with Gasteiger partial charge >= 0.3 is 0 Å². The molecule has 0 unspecified atom stereocenters. The number of hydrogen-bond donors (Lipinski definition) is 0. The Hall–Kier alpha value is -2.70. The van der Waals surface area contributed by atoms with E-state index in [9.17, 15) is 9.59 Å². The lowest BCUT2D eigenvalue weighted by Crippen LogP contribution is -2.15. The second kappa shape index (κ2) is 12.7. The van der Waals surface area contributed by atoms with Crippen LogP contribution in [0.5, 0.6) is 11.5 Å². The van der Waals surface area contributed by atoms with Gasteiger partial charge in [0.05, 0.1) is 37.6 Å². The normalized spacial score (nSPS) is 11.8. The van der Waals surface area contributed by atoms with Crippen LogP contribution in [0, 0.1) is 0 Å². The molecule has 0 saturated heterocycles. The molecule has 0 aliphatic rings. The van der Waals surface area contributed by atoms with Gasteiger partial charge in [-0.15, -0.1) is 0 Å². The fourth-order valence-electron chi connectivity index (χ4n) is 3.22. The Bertz CT molecular complexity index is 859. The SMILES string of the molecule is CC(C)(C)c1ccc(OCCOCCOCCOc2ccc(C(C)(C)C)cc2C=O)c(C=O)c1. The van der Waals surface area contributed by atoms with Gasteiger partial charge in [0, 0.05) is 0 Å². The van der Waals surface area contributed by atoms with Crippen molar-refractivity contribution in [2.75, 3.05) is 39.6 Å². The molecule has 0 spiro atoms. The Labute approximate surface area is 203 Å². The largest absolute Gasteiger partial charge is 0.490 e. The van der Waals surface area contributed by atoms with Crippen LogP contribution in [-0.2, 0) is 20.3 Å². The van der Waals surface area contributed by atoms with E-state index in [2.05, 4.69) is 41.5 Å². The van der Waals surface area contributed by atoms with Gasteiger partial charge < -0.3 is 18.9 Å². The number of rotatable bonds is 13. The van der Waals surface area contributed by atoms with E-state index in [0.29, 0.717) is 62.3 Å². The summed E-state index contributed by atoms with van der Waals surface area (Å²) in [6.07, 6.45) is 1.64. The highest BCUT2D eigenvalue weighted by molar-refractivity contribution is 5.80. The lowest BCUT2D eigenvalue weighted by atomic mass is 9.86. The quantitative estimate of drug-likeness (QED) is 0.288. The molecule has 6 nitrogen and oxygen atoms in total. The molecule has 0 aliphatic carbocycles. The second-order valence-electron chi connectivity index (χ2n) is 10.2. The van der Waals surface area contributed by atoms with E-state index in [1.807, 2.05) is 36.4 Å². The molecule has 186 valence electrons. The van der Waals surface area contributed by atoms with Crippen LogP contribution in [-0.4, -0.2) is 52.2 Å². The minimum Gasteiger partial charge on any atom is -0.490 e. The Balaban J connectivity index is 1.62. The van der Waals surface area contributed by atoms with Crippen molar-refractivity contribution in [2.24, 2.45) is 0 Å². The van der Waals surface area contributed by atoms with Gasteiger partial charge in [-0.2, -0.15) is 0 Å². The first-order chi connectivity index (χ1) is 16.1. The minimum absolute atomic E-state index is 0.0297. The van der Waals surface area contributed by atoms with Gasteiger partial charge in [-0.05, 0) is 46.2 Å². The molecule has 0 aliphatic heterocycles. The predicted molar refractivity (Wildman–Crippen MR) is 134 cm³/mol.